The number of para-hydroxylation sites is 1. The van der Waals surface area contributed by atoms with Gasteiger partial charge in [-0.25, -0.2) is 0 Å². The van der Waals surface area contributed by atoms with E-state index in [0.29, 0.717) is 12.1 Å². The maximum atomic E-state index is 11.5. The molecule has 0 fully saturated rings. The van der Waals surface area contributed by atoms with Crippen molar-refractivity contribution in [3.05, 3.63) is 29.8 Å². The third-order valence-corrected chi connectivity index (χ3v) is 2.64. The number of ketones is 1. The lowest BCUT2D eigenvalue weighted by Crippen LogP contribution is -2.37. The summed E-state index contributed by atoms with van der Waals surface area (Å²) in [6.07, 6.45) is -0.896. The Morgan fingerprint density at radius 3 is 2.92 bits per heavy atom. The number of nitrogens with zero attached hydrogens (tertiary/aromatic N) is 1. The first kappa shape index (κ1) is 8.67. The molecule has 1 aliphatic rings. The van der Waals surface area contributed by atoms with Crippen LogP contribution in [0.3, 0.4) is 0 Å². The van der Waals surface area contributed by atoms with Gasteiger partial charge in [-0.1, -0.05) is 12.1 Å². The molecule has 1 N–H and O–H groups in total. The average Bonchev–Trinajstić information content (AvgIpc) is 2.15. The SMILES string of the molecule is O=C1c2ccccc2N(P)CC1O. The Hall–Kier alpha value is -0.920. The highest BCUT2D eigenvalue weighted by Gasteiger charge is 2.27. The van der Waals surface area contributed by atoms with Crippen molar-refractivity contribution in [3.63, 3.8) is 0 Å². The molecule has 0 aliphatic carbocycles. The molecule has 1 aliphatic heterocycles. The summed E-state index contributed by atoms with van der Waals surface area (Å²) in [6, 6.07) is 7.28. The van der Waals surface area contributed by atoms with E-state index in [1.807, 2.05) is 12.1 Å². The number of anilines is 1. The van der Waals surface area contributed by atoms with E-state index in [2.05, 4.69) is 9.39 Å². The van der Waals surface area contributed by atoms with Gasteiger partial charge in [0, 0.05) is 5.56 Å². The number of rotatable bonds is 0. The van der Waals surface area contributed by atoms with E-state index in [4.69, 9.17) is 0 Å². The second-order valence-corrected chi connectivity index (χ2v) is 3.67. The largest absolute Gasteiger partial charge is 0.383 e. The third-order valence-electron chi connectivity index (χ3n) is 2.15. The first-order valence-electron chi connectivity index (χ1n) is 4.03. The number of fused-ring (bicyclic) bond motifs is 1. The van der Waals surface area contributed by atoms with Crippen molar-refractivity contribution in [2.45, 2.75) is 6.10 Å². The van der Waals surface area contributed by atoms with Gasteiger partial charge in [0.2, 0.25) is 0 Å². The molecular formula is C9H10NO2P. The molecule has 0 bridgehead atoms. The molecule has 4 heteroatoms. The topological polar surface area (TPSA) is 40.5 Å². The summed E-state index contributed by atoms with van der Waals surface area (Å²) in [5.74, 6) is -0.186. The molecular weight excluding hydrogens is 185 g/mol. The molecule has 3 nitrogen and oxygen atoms in total. The predicted molar refractivity (Wildman–Crippen MR) is 53.8 cm³/mol. The van der Waals surface area contributed by atoms with Gasteiger partial charge in [-0.05, 0) is 21.5 Å². The highest BCUT2D eigenvalue weighted by Crippen LogP contribution is 2.28. The number of benzene rings is 1. The maximum Gasteiger partial charge on any atom is 0.195 e. The Morgan fingerprint density at radius 1 is 1.46 bits per heavy atom. The number of carbonyl (C=O) groups is 1. The summed E-state index contributed by atoms with van der Waals surface area (Å²) in [5.41, 5.74) is 1.46. The van der Waals surface area contributed by atoms with Crippen LogP contribution >= 0.6 is 9.39 Å². The number of hydrogen-bond acceptors (Lipinski definition) is 3. The third kappa shape index (κ3) is 1.34. The molecule has 0 saturated carbocycles. The fourth-order valence-electron chi connectivity index (χ4n) is 1.48. The molecule has 13 heavy (non-hydrogen) atoms. The van der Waals surface area contributed by atoms with Crippen LogP contribution in [-0.4, -0.2) is 23.5 Å². The van der Waals surface area contributed by atoms with Crippen molar-refractivity contribution in [2.75, 3.05) is 11.2 Å². The van der Waals surface area contributed by atoms with E-state index < -0.39 is 6.10 Å². The fourth-order valence-corrected chi connectivity index (χ4v) is 1.90. The van der Waals surface area contributed by atoms with Crippen molar-refractivity contribution in [3.8, 4) is 0 Å². The van der Waals surface area contributed by atoms with Crippen LogP contribution in [0, 0.1) is 0 Å². The van der Waals surface area contributed by atoms with Gasteiger partial charge in [0.25, 0.3) is 0 Å². The van der Waals surface area contributed by atoms with Crippen molar-refractivity contribution in [2.24, 2.45) is 0 Å². The highest BCUT2D eigenvalue weighted by molar-refractivity contribution is 7.19. The minimum atomic E-state index is -0.896. The highest BCUT2D eigenvalue weighted by atomic mass is 31.0. The number of β-amino-alcohol motifs (C(OH)–C–C–N with tert-alkyl or cyclic N) is 1. The average molecular weight is 195 g/mol. The van der Waals surface area contributed by atoms with E-state index in [9.17, 15) is 9.90 Å². The van der Waals surface area contributed by atoms with Crippen LogP contribution < -0.4 is 4.67 Å². The Bertz CT molecular complexity index is 353. The van der Waals surface area contributed by atoms with Crippen molar-refractivity contribution >= 4 is 20.9 Å². The molecule has 2 unspecified atom stereocenters. The van der Waals surface area contributed by atoms with Gasteiger partial charge in [0.05, 0.1) is 12.2 Å². The van der Waals surface area contributed by atoms with Gasteiger partial charge < -0.3 is 9.78 Å². The Kier molecular flexibility index (Phi) is 2.06. The summed E-state index contributed by atoms with van der Waals surface area (Å²) in [7, 11) is 2.49. The Balaban J connectivity index is 2.54. The van der Waals surface area contributed by atoms with Crippen LogP contribution in [-0.2, 0) is 0 Å². The maximum absolute atomic E-state index is 11.5. The minimum Gasteiger partial charge on any atom is -0.383 e. The monoisotopic (exact) mass is 195 g/mol. The van der Waals surface area contributed by atoms with Gasteiger partial charge >= 0.3 is 0 Å². The molecule has 68 valence electrons. The number of aliphatic hydroxyl groups excluding tert-OH is 1. The lowest BCUT2D eigenvalue weighted by Gasteiger charge is -2.29. The molecule has 0 saturated heterocycles. The summed E-state index contributed by atoms with van der Waals surface area (Å²) in [5, 5.41) is 9.39. The van der Waals surface area contributed by atoms with Crippen LogP contribution in [0.2, 0.25) is 0 Å². The smallest absolute Gasteiger partial charge is 0.195 e. The standard InChI is InChI=1S/C9H10NO2P/c11-8-5-10(13)7-4-2-1-3-6(7)9(8)12/h1-4,8,11H,5,13H2. The van der Waals surface area contributed by atoms with Crippen LogP contribution in [0.25, 0.3) is 0 Å². The van der Waals surface area contributed by atoms with Gasteiger partial charge in [-0.3, -0.25) is 4.79 Å². The van der Waals surface area contributed by atoms with E-state index in [0.717, 1.165) is 5.69 Å². The number of aliphatic hydroxyl groups is 1. The van der Waals surface area contributed by atoms with Crippen molar-refractivity contribution < 1.29 is 9.90 Å². The molecule has 0 amide bonds. The normalized spacial score (nSPS) is 21.5. The zero-order valence-corrected chi connectivity index (χ0v) is 8.13. The van der Waals surface area contributed by atoms with E-state index in [1.54, 1.807) is 16.8 Å². The summed E-state index contributed by atoms with van der Waals surface area (Å²) in [6.45, 7) is 0.348. The van der Waals surface area contributed by atoms with Gasteiger partial charge in [0.1, 0.15) is 6.10 Å². The summed E-state index contributed by atoms with van der Waals surface area (Å²) < 4.78 is 1.81. The van der Waals surface area contributed by atoms with Crippen molar-refractivity contribution in [1.29, 1.82) is 0 Å². The van der Waals surface area contributed by atoms with Crippen molar-refractivity contribution in [1.82, 2.24) is 0 Å². The van der Waals surface area contributed by atoms with E-state index >= 15 is 0 Å². The van der Waals surface area contributed by atoms with Gasteiger partial charge in [-0.15, -0.1) is 0 Å². The number of hydrogen-bond donors (Lipinski definition) is 1. The zero-order valence-electron chi connectivity index (χ0n) is 6.97. The van der Waals surface area contributed by atoms with E-state index in [-0.39, 0.29) is 5.78 Å². The Morgan fingerprint density at radius 2 is 2.15 bits per heavy atom. The molecule has 2 rings (SSSR count). The van der Waals surface area contributed by atoms with Gasteiger partial charge in [0.15, 0.2) is 5.78 Å². The van der Waals surface area contributed by atoms with Crippen LogP contribution in [0.5, 0.6) is 0 Å². The second kappa shape index (κ2) is 3.09. The zero-order chi connectivity index (χ0) is 9.42. The predicted octanol–water partition coefficient (Wildman–Crippen LogP) is 0.840. The minimum absolute atomic E-state index is 0.186. The first-order valence-corrected chi connectivity index (χ1v) is 4.55. The summed E-state index contributed by atoms with van der Waals surface area (Å²) >= 11 is 0. The lowest BCUT2D eigenvalue weighted by molar-refractivity contribution is 0.0755. The van der Waals surface area contributed by atoms with Gasteiger partial charge in [-0.2, -0.15) is 0 Å². The molecule has 0 radical (unpaired) electrons. The summed E-state index contributed by atoms with van der Waals surface area (Å²) in [4.78, 5) is 11.5. The lowest BCUT2D eigenvalue weighted by atomic mass is 10.0. The van der Waals surface area contributed by atoms with Crippen LogP contribution in [0.4, 0.5) is 5.69 Å². The molecule has 2 atom stereocenters. The second-order valence-electron chi connectivity index (χ2n) is 3.05. The first-order chi connectivity index (χ1) is 6.20. The fraction of sp³-hybridized carbons (Fsp3) is 0.222. The Labute approximate surface area is 78.6 Å². The van der Waals surface area contributed by atoms with Crippen LogP contribution in [0.1, 0.15) is 10.4 Å². The molecule has 0 spiro atoms. The number of Topliss-reactive ketones (excluding diaryl/α,β-unsaturated/α-hetero) is 1. The van der Waals surface area contributed by atoms with E-state index in [1.165, 1.54) is 0 Å². The molecule has 1 heterocycles. The van der Waals surface area contributed by atoms with Crippen LogP contribution in [0.15, 0.2) is 24.3 Å². The molecule has 0 aromatic heterocycles. The number of carbonyl (C=O) groups excluding carboxylic acids is 1. The quantitative estimate of drug-likeness (QED) is 0.623. The molecule has 1 aromatic rings. The molecule has 1 aromatic carbocycles.